The van der Waals surface area contributed by atoms with Crippen molar-refractivity contribution in [2.45, 2.75) is 6.92 Å². The number of carboxylic acids is 1. The number of carbonyl (C=O) groups is 2. The van der Waals surface area contributed by atoms with Crippen LogP contribution in [0.2, 0.25) is 0 Å². The third-order valence-corrected chi connectivity index (χ3v) is 5.50. The number of amides is 1. The van der Waals surface area contributed by atoms with Crippen molar-refractivity contribution in [3.05, 3.63) is 38.3 Å². The normalized spacial score (nSPS) is 11.0. The first-order valence-corrected chi connectivity index (χ1v) is 8.16. The Hall–Kier alpha value is -1.71. The number of thiazole rings is 1. The number of aromatic nitrogens is 2. The number of halogens is 1. The summed E-state index contributed by atoms with van der Waals surface area (Å²) < 4.78 is 2.49. The van der Waals surface area contributed by atoms with Gasteiger partial charge in [0.1, 0.15) is 9.71 Å². The van der Waals surface area contributed by atoms with E-state index in [1.807, 2.05) is 0 Å². The first-order chi connectivity index (χ1) is 9.95. The maximum absolute atomic E-state index is 12.3. The monoisotopic (exact) mass is 385 g/mol. The number of hydrogen-bond acceptors (Lipinski definition) is 5. The molecule has 3 aromatic heterocycles. The third kappa shape index (κ3) is 2.59. The first kappa shape index (κ1) is 14.2. The topological polar surface area (TPSA) is 83.7 Å². The third-order valence-electron chi connectivity index (χ3n) is 2.77. The molecular weight excluding hydrogens is 378 g/mol. The largest absolute Gasteiger partial charge is 0.477 e. The second-order valence-corrected chi connectivity index (χ2v) is 7.69. The van der Waals surface area contributed by atoms with Gasteiger partial charge in [0.05, 0.1) is 26.7 Å². The Morgan fingerprint density at radius 2 is 2.19 bits per heavy atom. The highest BCUT2D eigenvalue weighted by molar-refractivity contribution is 9.11. The van der Waals surface area contributed by atoms with Gasteiger partial charge in [0, 0.05) is 0 Å². The smallest absolute Gasteiger partial charge is 0.345 e. The predicted octanol–water partition coefficient (Wildman–Crippen LogP) is 3.48. The highest BCUT2D eigenvalue weighted by Gasteiger charge is 2.18. The van der Waals surface area contributed by atoms with E-state index >= 15 is 0 Å². The number of aryl methyl sites for hydroxylation is 1. The lowest BCUT2D eigenvalue weighted by molar-refractivity contribution is 0.0702. The Bertz CT molecular complexity index is 864. The minimum absolute atomic E-state index is 0.196. The van der Waals surface area contributed by atoms with Crippen molar-refractivity contribution in [2.75, 3.05) is 5.32 Å². The molecule has 3 heterocycles. The summed E-state index contributed by atoms with van der Waals surface area (Å²) in [5, 5.41) is 16.3. The van der Waals surface area contributed by atoms with Gasteiger partial charge in [-0.25, -0.2) is 9.31 Å². The second-order valence-electron chi connectivity index (χ2n) is 4.23. The number of fused-ring (bicyclic) bond motifs is 1. The van der Waals surface area contributed by atoms with E-state index in [2.05, 4.69) is 26.3 Å². The van der Waals surface area contributed by atoms with Crippen LogP contribution in [0.15, 0.2) is 22.2 Å². The summed E-state index contributed by atoms with van der Waals surface area (Å²) in [6, 6.07) is 1.54. The summed E-state index contributed by atoms with van der Waals surface area (Å²) in [6.07, 6.45) is 3.27. The van der Waals surface area contributed by atoms with Crippen LogP contribution in [0, 0.1) is 6.92 Å². The van der Waals surface area contributed by atoms with Gasteiger partial charge in [-0.3, -0.25) is 4.79 Å². The molecule has 2 N–H and O–H groups in total. The van der Waals surface area contributed by atoms with Crippen molar-refractivity contribution < 1.29 is 14.7 Å². The molecule has 0 aromatic carbocycles. The minimum atomic E-state index is -1.00. The number of carbonyl (C=O) groups excluding carboxylic acids is 1. The van der Waals surface area contributed by atoms with E-state index in [0.717, 1.165) is 25.5 Å². The van der Waals surface area contributed by atoms with Gasteiger partial charge in [-0.15, -0.1) is 22.7 Å². The molecule has 1 amide bonds. The summed E-state index contributed by atoms with van der Waals surface area (Å²) in [6.45, 7) is 1.76. The molecule has 3 rings (SSSR count). The van der Waals surface area contributed by atoms with Crippen LogP contribution in [-0.4, -0.2) is 26.6 Å². The fourth-order valence-corrected chi connectivity index (χ4v) is 4.14. The van der Waals surface area contributed by atoms with Crippen molar-refractivity contribution >= 4 is 60.3 Å². The molecule has 108 valence electrons. The van der Waals surface area contributed by atoms with Crippen LogP contribution >= 0.6 is 38.6 Å². The fourth-order valence-electron chi connectivity index (χ4n) is 1.80. The van der Waals surface area contributed by atoms with Gasteiger partial charge < -0.3 is 10.4 Å². The van der Waals surface area contributed by atoms with Crippen molar-refractivity contribution in [3.63, 3.8) is 0 Å². The van der Waals surface area contributed by atoms with Crippen LogP contribution in [0.25, 0.3) is 4.83 Å². The van der Waals surface area contributed by atoms with Crippen LogP contribution in [0.5, 0.6) is 0 Å². The minimum Gasteiger partial charge on any atom is -0.477 e. The molecule has 0 unspecified atom stereocenters. The van der Waals surface area contributed by atoms with Crippen LogP contribution in [0.1, 0.15) is 25.6 Å². The molecular formula is C12H8BrN3O3S2. The lowest BCUT2D eigenvalue weighted by Crippen LogP contribution is -2.10. The lowest BCUT2D eigenvalue weighted by Gasteiger charge is -2.01. The molecule has 0 bridgehead atoms. The van der Waals surface area contributed by atoms with Gasteiger partial charge >= 0.3 is 5.97 Å². The standard InChI is InChI=1S/C12H8BrN3O3S2/c1-5-2-7(12(18)19)20-10(5)15-9(17)6-3-14-16-4-8(13)21-11(6)16/h2-4H,1H3,(H,15,17)(H,18,19). The average Bonchev–Trinajstić information content (AvgIpc) is 3.04. The molecule has 0 fully saturated rings. The van der Waals surface area contributed by atoms with Crippen LogP contribution in [0.3, 0.4) is 0 Å². The summed E-state index contributed by atoms with van der Waals surface area (Å²) in [5.41, 5.74) is 1.18. The van der Waals surface area contributed by atoms with Crippen LogP contribution in [-0.2, 0) is 0 Å². The molecule has 0 spiro atoms. The number of nitrogens with one attached hydrogen (secondary N) is 1. The Morgan fingerprint density at radius 1 is 1.43 bits per heavy atom. The Kier molecular flexibility index (Phi) is 3.56. The van der Waals surface area contributed by atoms with Gasteiger partial charge in [-0.1, -0.05) is 0 Å². The van der Waals surface area contributed by atoms with Crippen LogP contribution in [0.4, 0.5) is 5.00 Å². The van der Waals surface area contributed by atoms with E-state index in [4.69, 9.17) is 5.11 Å². The summed E-state index contributed by atoms with van der Waals surface area (Å²) in [4.78, 5) is 24.2. The molecule has 0 aliphatic carbocycles. The van der Waals surface area contributed by atoms with Gasteiger partial charge in [-0.2, -0.15) is 5.10 Å². The predicted molar refractivity (Wildman–Crippen MR) is 84.7 cm³/mol. The van der Waals surface area contributed by atoms with Crippen molar-refractivity contribution in [1.82, 2.24) is 9.61 Å². The Morgan fingerprint density at radius 3 is 2.86 bits per heavy atom. The molecule has 6 nitrogen and oxygen atoms in total. The van der Waals surface area contributed by atoms with E-state index in [-0.39, 0.29) is 10.8 Å². The molecule has 0 radical (unpaired) electrons. The van der Waals surface area contributed by atoms with E-state index in [0.29, 0.717) is 10.6 Å². The first-order valence-electron chi connectivity index (χ1n) is 5.73. The SMILES string of the molecule is Cc1cc(C(=O)O)sc1NC(=O)c1cnn2cc(Br)sc12. The number of nitrogens with zero attached hydrogens (tertiary/aromatic N) is 2. The number of thiophene rings is 1. The number of rotatable bonds is 3. The zero-order valence-electron chi connectivity index (χ0n) is 10.6. The summed E-state index contributed by atoms with van der Waals surface area (Å²) in [5.74, 6) is -1.31. The average molecular weight is 386 g/mol. The van der Waals surface area contributed by atoms with Gasteiger partial charge in [-0.05, 0) is 34.5 Å². The molecule has 0 saturated carbocycles. The Labute approximate surface area is 135 Å². The highest BCUT2D eigenvalue weighted by atomic mass is 79.9. The fraction of sp³-hybridized carbons (Fsp3) is 0.0833. The Balaban J connectivity index is 1.91. The van der Waals surface area contributed by atoms with E-state index in [1.54, 1.807) is 17.6 Å². The quantitative estimate of drug-likeness (QED) is 0.722. The summed E-state index contributed by atoms with van der Waals surface area (Å²) in [7, 11) is 0. The highest BCUT2D eigenvalue weighted by Crippen LogP contribution is 2.30. The molecule has 3 aromatic rings. The van der Waals surface area contributed by atoms with Gasteiger partial charge in [0.15, 0.2) is 0 Å². The van der Waals surface area contributed by atoms with Crippen molar-refractivity contribution in [3.8, 4) is 0 Å². The van der Waals surface area contributed by atoms with Gasteiger partial charge in [0.2, 0.25) is 0 Å². The molecule has 0 atom stereocenters. The van der Waals surface area contributed by atoms with E-state index in [1.165, 1.54) is 23.6 Å². The van der Waals surface area contributed by atoms with Gasteiger partial charge in [0.25, 0.3) is 5.91 Å². The molecule has 0 aliphatic rings. The lowest BCUT2D eigenvalue weighted by atomic mass is 10.3. The number of aromatic carboxylic acids is 1. The molecule has 21 heavy (non-hydrogen) atoms. The number of anilines is 1. The number of carboxylic acid groups (broad SMARTS) is 1. The van der Waals surface area contributed by atoms with Crippen molar-refractivity contribution in [2.24, 2.45) is 0 Å². The maximum atomic E-state index is 12.3. The zero-order valence-corrected chi connectivity index (χ0v) is 13.8. The molecule has 0 aliphatic heterocycles. The van der Waals surface area contributed by atoms with E-state index in [9.17, 15) is 9.59 Å². The number of hydrogen-bond donors (Lipinski definition) is 2. The maximum Gasteiger partial charge on any atom is 0.345 e. The zero-order chi connectivity index (χ0) is 15.1. The van der Waals surface area contributed by atoms with Crippen molar-refractivity contribution in [1.29, 1.82) is 0 Å². The summed E-state index contributed by atoms with van der Waals surface area (Å²) >= 11 is 5.79. The van der Waals surface area contributed by atoms with E-state index < -0.39 is 5.97 Å². The van der Waals surface area contributed by atoms with Crippen LogP contribution < -0.4 is 5.32 Å². The molecule has 9 heteroatoms. The second kappa shape index (κ2) is 5.24. The molecule has 0 saturated heterocycles.